The van der Waals surface area contributed by atoms with Gasteiger partial charge in [-0.15, -0.1) is 5.92 Å². The van der Waals surface area contributed by atoms with E-state index in [1.165, 1.54) is 10.7 Å². The highest BCUT2D eigenvalue weighted by Gasteiger charge is 2.38. The van der Waals surface area contributed by atoms with Gasteiger partial charge in [0, 0.05) is 26.2 Å². The number of hydrogen-bond acceptors (Lipinski definition) is 7. The topological polar surface area (TPSA) is 118 Å². The van der Waals surface area contributed by atoms with Crippen molar-refractivity contribution >= 4 is 23.0 Å². The molecular weight excluding hydrogens is 474 g/mol. The number of aromatic nitrogens is 5. The van der Waals surface area contributed by atoms with E-state index >= 15 is 0 Å². The zero-order chi connectivity index (χ0) is 25.6. The summed E-state index contributed by atoms with van der Waals surface area (Å²) in [7, 11) is 0. The number of pyridine rings is 1. The van der Waals surface area contributed by atoms with E-state index in [0.29, 0.717) is 23.3 Å². The molecule has 14 heteroatoms. The second-order valence-electron chi connectivity index (χ2n) is 7.26. The van der Waals surface area contributed by atoms with Gasteiger partial charge in [0.1, 0.15) is 11.0 Å². The first-order valence-corrected chi connectivity index (χ1v) is 10.3. The average molecular weight is 495 g/mol. The molecular formula is C21H21F4N7O3. The number of carbonyl (C=O) groups is 1. The zero-order valence-corrected chi connectivity index (χ0v) is 18.5. The molecule has 1 aliphatic rings. The Morgan fingerprint density at radius 2 is 1.91 bits per heavy atom. The monoisotopic (exact) mass is 495 g/mol. The van der Waals surface area contributed by atoms with E-state index in [4.69, 9.17) is 9.90 Å². The largest absolute Gasteiger partial charge is 0.490 e. The molecule has 0 amide bonds. The molecule has 1 fully saturated rings. The molecule has 0 saturated carbocycles. The molecule has 3 aromatic heterocycles. The molecule has 186 valence electrons. The van der Waals surface area contributed by atoms with Crippen molar-refractivity contribution in [2.45, 2.75) is 26.2 Å². The van der Waals surface area contributed by atoms with Crippen LogP contribution in [0.15, 0.2) is 29.2 Å². The number of fused-ring (bicyclic) bond motifs is 1. The summed E-state index contributed by atoms with van der Waals surface area (Å²) in [6.45, 7) is 5.53. The quantitative estimate of drug-likeness (QED) is 0.316. The smallest absolute Gasteiger partial charge is 0.475 e. The van der Waals surface area contributed by atoms with Gasteiger partial charge in [0.15, 0.2) is 0 Å². The maximum atomic E-state index is 13.4. The number of aliphatic carboxylic acids is 1. The number of nitrogens with one attached hydrogen (secondary N) is 1. The molecule has 0 aliphatic carbocycles. The minimum Gasteiger partial charge on any atom is -0.475 e. The second-order valence-corrected chi connectivity index (χ2v) is 7.26. The van der Waals surface area contributed by atoms with E-state index in [-0.39, 0.29) is 12.1 Å². The Morgan fingerprint density at radius 1 is 1.23 bits per heavy atom. The van der Waals surface area contributed by atoms with E-state index in [2.05, 4.69) is 37.1 Å². The summed E-state index contributed by atoms with van der Waals surface area (Å²) in [5.41, 5.74) is 1.11. The van der Waals surface area contributed by atoms with Crippen LogP contribution < -0.4 is 15.8 Å². The molecule has 4 heterocycles. The van der Waals surface area contributed by atoms with Crippen molar-refractivity contribution in [3.8, 4) is 11.8 Å². The van der Waals surface area contributed by atoms with E-state index < -0.39 is 18.1 Å². The molecule has 0 radical (unpaired) electrons. The normalized spacial score (nSPS) is 13.6. The number of carboxylic acids is 1. The summed E-state index contributed by atoms with van der Waals surface area (Å²) in [4.78, 5) is 32.6. The van der Waals surface area contributed by atoms with Gasteiger partial charge in [0.05, 0.1) is 25.0 Å². The summed E-state index contributed by atoms with van der Waals surface area (Å²) in [6.07, 6.45) is -3.52. The highest BCUT2D eigenvalue weighted by atomic mass is 19.4. The molecule has 35 heavy (non-hydrogen) atoms. The number of piperazine rings is 1. The highest BCUT2D eigenvalue weighted by Crippen LogP contribution is 2.20. The number of carboxylic acid groups (broad SMARTS) is 1. The fourth-order valence-corrected chi connectivity index (χ4v) is 3.29. The van der Waals surface area contributed by atoms with Crippen molar-refractivity contribution in [2.75, 3.05) is 31.1 Å². The van der Waals surface area contributed by atoms with Crippen LogP contribution in [0.1, 0.15) is 12.6 Å². The van der Waals surface area contributed by atoms with Gasteiger partial charge >= 0.3 is 12.1 Å². The predicted octanol–water partition coefficient (Wildman–Crippen LogP) is 1.24. The van der Waals surface area contributed by atoms with Gasteiger partial charge in [-0.1, -0.05) is 12.0 Å². The Bertz CT molecular complexity index is 1320. The number of rotatable bonds is 4. The third-order valence-electron chi connectivity index (χ3n) is 4.87. The summed E-state index contributed by atoms with van der Waals surface area (Å²) in [6, 6.07) is 4.49. The summed E-state index contributed by atoms with van der Waals surface area (Å²) >= 11 is 0. The van der Waals surface area contributed by atoms with Crippen LogP contribution in [0, 0.1) is 17.8 Å². The fraction of sp³-hybridized carbons (Fsp3) is 0.381. The predicted molar refractivity (Wildman–Crippen MR) is 117 cm³/mol. The van der Waals surface area contributed by atoms with Crippen LogP contribution in [-0.4, -0.2) is 67.7 Å². The maximum Gasteiger partial charge on any atom is 0.490 e. The lowest BCUT2D eigenvalue weighted by Crippen LogP contribution is -2.44. The Balaban J connectivity index is 0.000000429. The van der Waals surface area contributed by atoms with E-state index in [0.717, 1.165) is 32.1 Å². The zero-order valence-electron chi connectivity index (χ0n) is 18.5. The van der Waals surface area contributed by atoms with Crippen molar-refractivity contribution in [1.82, 2.24) is 29.6 Å². The van der Waals surface area contributed by atoms with Crippen LogP contribution >= 0.6 is 0 Å². The fourth-order valence-electron chi connectivity index (χ4n) is 3.29. The van der Waals surface area contributed by atoms with Crippen LogP contribution in [-0.2, 0) is 17.9 Å². The van der Waals surface area contributed by atoms with Gasteiger partial charge < -0.3 is 15.3 Å². The van der Waals surface area contributed by atoms with E-state index in [1.807, 2.05) is 4.57 Å². The van der Waals surface area contributed by atoms with Gasteiger partial charge in [-0.25, -0.2) is 19.4 Å². The number of imidazole rings is 1. The Morgan fingerprint density at radius 3 is 2.51 bits per heavy atom. The number of halogens is 4. The number of nitrogens with zero attached hydrogens (tertiary/aromatic N) is 6. The molecule has 1 saturated heterocycles. The molecule has 0 bridgehead atoms. The van der Waals surface area contributed by atoms with Crippen molar-refractivity contribution < 1.29 is 27.5 Å². The molecule has 10 nitrogen and oxygen atoms in total. The third kappa shape index (κ3) is 6.33. The van der Waals surface area contributed by atoms with Crippen LogP contribution in [0.3, 0.4) is 0 Å². The van der Waals surface area contributed by atoms with Gasteiger partial charge in [-0.2, -0.15) is 22.7 Å². The number of hydrogen-bond donors (Lipinski definition) is 2. The van der Waals surface area contributed by atoms with Crippen LogP contribution in [0.4, 0.5) is 23.5 Å². The minimum absolute atomic E-state index is 0.0835. The standard InChI is InChI=1S/C19H20FN7O.C2HF3O2/c1-2-3-9-26-17-15(24-19(26)25-10-7-21-8-11-25)12-22-27(18(17)28)13-14-5-4-6-16(20)23-14;3-2(4,5)1(6)7/h4-6,12,21H,7-11,13H2,1H3;(H,6,7). The van der Waals surface area contributed by atoms with Crippen molar-refractivity contribution in [1.29, 1.82) is 0 Å². The SMILES string of the molecule is CC#CCn1c(N2CCNCC2)nc2cnn(Cc3cccc(F)n3)c(=O)c21.O=C(O)C(F)(F)F. The summed E-state index contributed by atoms with van der Waals surface area (Å²) in [5.74, 6) is 3.28. The lowest BCUT2D eigenvalue weighted by molar-refractivity contribution is -0.192. The molecule has 0 spiro atoms. The summed E-state index contributed by atoms with van der Waals surface area (Å²) in [5, 5.41) is 14.6. The van der Waals surface area contributed by atoms with Crippen molar-refractivity contribution in [2.24, 2.45) is 0 Å². The average Bonchev–Trinajstić information content (AvgIpc) is 3.19. The summed E-state index contributed by atoms with van der Waals surface area (Å²) < 4.78 is 48.2. The van der Waals surface area contributed by atoms with Crippen LogP contribution in [0.25, 0.3) is 11.0 Å². The molecule has 0 aromatic carbocycles. The first-order chi connectivity index (χ1) is 16.6. The highest BCUT2D eigenvalue weighted by molar-refractivity contribution is 5.77. The molecule has 4 rings (SSSR count). The van der Waals surface area contributed by atoms with Gasteiger partial charge in [0.2, 0.25) is 11.9 Å². The lowest BCUT2D eigenvalue weighted by Gasteiger charge is -2.28. The van der Waals surface area contributed by atoms with Crippen LogP contribution in [0.2, 0.25) is 0 Å². The first kappa shape index (κ1) is 25.6. The minimum atomic E-state index is -5.08. The Labute approximate surface area is 196 Å². The molecule has 3 aromatic rings. The van der Waals surface area contributed by atoms with Gasteiger partial charge in [-0.3, -0.25) is 9.36 Å². The van der Waals surface area contributed by atoms with Gasteiger partial charge in [0.25, 0.3) is 5.56 Å². The Kier molecular flexibility index (Phi) is 8.02. The molecule has 0 atom stereocenters. The van der Waals surface area contributed by atoms with Gasteiger partial charge in [-0.05, 0) is 19.1 Å². The van der Waals surface area contributed by atoms with E-state index in [9.17, 15) is 22.4 Å². The number of anilines is 1. The molecule has 1 aliphatic heterocycles. The van der Waals surface area contributed by atoms with Crippen molar-refractivity contribution in [3.63, 3.8) is 0 Å². The van der Waals surface area contributed by atoms with E-state index in [1.54, 1.807) is 25.3 Å². The molecule has 0 unspecified atom stereocenters. The van der Waals surface area contributed by atoms with Crippen LogP contribution in [0.5, 0.6) is 0 Å². The number of alkyl halides is 3. The molecule has 2 N–H and O–H groups in total. The third-order valence-corrected chi connectivity index (χ3v) is 4.87. The van der Waals surface area contributed by atoms with Crippen molar-refractivity contribution in [3.05, 3.63) is 46.4 Å². The maximum absolute atomic E-state index is 13.4. The first-order valence-electron chi connectivity index (χ1n) is 10.3. The lowest BCUT2D eigenvalue weighted by atomic mass is 10.3. The Hall–Kier alpha value is -3.99. The second kappa shape index (κ2) is 11.0.